The van der Waals surface area contributed by atoms with Crippen molar-refractivity contribution in [2.75, 3.05) is 39.6 Å². The minimum Gasteiger partial charge on any atom is -0.462 e. The average molecular weight is 1540 g/mol. The van der Waals surface area contributed by atoms with Gasteiger partial charge in [-0.25, -0.2) is 9.13 Å². The quantitative estimate of drug-likeness (QED) is 0.0222. The molecule has 0 aliphatic rings. The molecule has 0 aromatic rings. The molecular weight excluding hydrogens is 1370 g/mol. The first-order chi connectivity index (χ1) is 51.2. The van der Waals surface area contributed by atoms with Gasteiger partial charge in [0, 0.05) is 25.7 Å². The summed E-state index contributed by atoms with van der Waals surface area (Å²) in [5, 5.41) is 10.7. The van der Waals surface area contributed by atoms with E-state index in [2.05, 4.69) is 27.7 Å². The smallest absolute Gasteiger partial charge is 0.462 e. The fraction of sp³-hybridized carbons (Fsp3) is 0.953. The predicted molar refractivity (Wildman–Crippen MR) is 432 cm³/mol. The molecule has 0 aliphatic carbocycles. The Balaban J connectivity index is 5.15. The normalized spacial score (nSPS) is 13.7. The van der Waals surface area contributed by atoms with Gasteiger partial charge in [-0.2, -0.15) is 0 Å². The van der Waals surface area contributed by atoms with E-state index >= 15 is 0 Å². The van der Waals surface area contributed by atoms with Gasteiger partial charge in [-0.15, -0.1) is 0 Å². The van der Waals surface area contributed by atoms with E-state index < -0.39 is 97.5 Å². The Kier molecular flexibility index (Phi) is 78.6. The van der Waals surface area contributed by atoms with E-state index in [-0.39, 0.29) is 25.7 Å². The largest absolute Gasteiger partial charge is 0.472 e. The Morgan fingerprint density at radius 1 is 0.229 bits per heavy atom. The van der Waals surface area contributed by atoms with Crippen molar-refractivity contribution in [3.8, 4) is 0 Å². The second-order valence-electron chi connectivity index (χ2n) is 30.9. The monoisotopic (exact) mass is 1540 g/mol. The number of aliphatic hydroxyl groups is 1. The molecule has 0 rings (SSSR count). The van der Waals surface area contributed by atoms with Crippen LogP contribution in [0.3, 0.4) is 0 Å². The Morgan fingerprint density at radius 2 is 0.381 bits per heavy atom. The maximum Gasteiger partial charge on any atom is 0.472 e. The van der Waals surface area contributed by atoms with Crippen molar-refractivity contribution in [3.05, 3.63) is 0 Å². The third-order valence-corrected chi connectivity index (χ3v) is 22.3. The van der Waals surface area contributed by atoms with Crippen LogP contribution >= 0.6 is 15.6 Å². The summed E-state index contributed by atoms with van der Waals surface area (Å²) in [4.78, 5) is 73.0. The molecule has 0 bridgehead atoms. The number of rotatable bonds is 87. The van der Waals surface area contributed by atoms with Crippen molar-refractivity contribution in [3.63, 3.8) is 0 Å². The molecule has 17 nitrogen and oxygen atoms in total. The van der Waals surface area contributed by atoms with Gasteiger partial charge in [0.15, 0.2) is 12.2 Å². The molecule has 0 spiro atoms. The number of ether oxygens (including phenoxy) is 4. The van der Waals surface area contributed by atoms with Crippen LogP contribution in [0, 0.1) is 0 Å². The van der Waals surface area contributed by atoms with E-state index in [9.17, 15) is 43.2 Å². The number of phosphoric acid groups is 2. The number of hydrogen-bond donors (Lipinski definition) is 3. The first kappa shape index (κ1) is 103. The van der Waals surface area contributed by atoms with E-state index in [1.165, 1.54) is 289 Å². The van der Waals surface area contributed by atoms with Crippen molar-refractivity contribution in [2.24, 2.45) is 0 Å². The van der Waals surface area contributed by atoms with E-state index in [1.54, 1.807) is 0 Å². The lowest BCUT2D eigenvalue weighted by atomic mass is 10.0. The molecule has 0 amide bonds. The summed E-state index contributed by atoms with van der Waals surface area (Å²) in [6.45, 7) is 5.01. The highest BCUT2D eigenvalue weighted by Crippen LogP contribution is 2.45. The van der Waals surface area contributed by atoms with Crippen LogP contribution in [0.4, 0.5) is 0 Å². The maximum atomic E-state index is 13.1. The molecule has 0 saturated heterocycles. The number of phosphoric ester groups is 2. The zero-order valence-corrected chi connectivity index (χ0v) is 70.5. The third kappa shape index (κ3) is 79.9. The van der Waals surface area contributed by atoms with Crippen molar-refractivity contribution >= 4 is 39.5 Å². The van der Waals surface area contributed by atoms with Gasteiger partial charge in [-0.1, -0.05) is 419 Å². The fourth-order valence-electron chi connectivity index (χ4n) is 13.5. The van der Waals surface area contributed by atoms with Gasteiger partial charge in [-0.05, 0) is 25.7 Å². The highest BCUT2D eigenvalue weighted by Gasteiger charge is 2.30. The lowest BCUT2D eigenvalue weighted by Crippen LogP contribution is -2.30. The molecule has 3 N–H and O–H groups in total. The van der Waals surface area contributed by atoms with Crippen molar-refractivity contribution in [2.45, 2.75) is 489 Å². The highest BCUT2D eigenvalue weighted by molar-refractivity contribution is 7.47. The molecule has 5 atom stereocenters. The van der Waals surface area contributed by atoms with Crippen LogP contribution in [0.1, 0.15) is 471 Å². The molecule has 2 unspecified atom stereocenters. The van der Waals surface area contributed by atoms with Gasteiger partial charge in [-0.3, -0.25) is 37.3 Å². The molecule has 0 saturated carbocycles. The summed E-state index contributed by atoms with van der Waals surface area (Å²) in [6, 6.07) is 0. The molecule has 0 radical (unpaired) electrons. The molecule has 19 heteroatoms. The SMILES string of the molecule is CCCCCCCCCCCCCCCCCCCCCCCCC(=O)O[C@H](COC(=O)CCCCCCCCCCCCCCCCCCCCC)COP(=O)(O)OC[C@@H](O)COP(=O)(O)OC[C@@H](COC(=O)CCCCCCCCC)OC(=O)CCCCCCCCCCCCCCCCCCC. The van der Waals surface area contributed by atoms with E-state index in [0.29, 0.717) is 25.7 Å². The second kappa shape index (κ2) is 80.1. The van der Waals surface area contributed by atoms with Gasteiger partial charge in [0.05, 0.1) is 26.4 Å². The number of esters is 4. The van der Waals surface area contributed by atoms with Gasteiger partial charge >= 0.3 is 39.5 Å². The summed E-state index contributed by atoms with van der Waals surface area (Å²) in [7, 11) is -9.92. The summed E-state index contributed by atoms with van der Waals surface area (Å²) in [6.07, 6.45) is 75.3. The fourth-order valence-corrected chi connectivity index (χ4v) is 15.1. The van der Waals surface area contributed by atoms with Gasteiger partial charge in [0.2, 0.25) is 0 Å². The number of carbonyl (C=O) groups excluding carboxylic acids is 4. The van der Waals surface area contributed by atoms with Crippen LogP contribution < -0.4 is 0 Å². The summed E-state index contributed by atoms with van der Waals surface area (Å²) in [5.74, 6) is -2.10. The summed E-state index contributed by atoms with van der Waals surface area (Å²) in [5.41, 5.74) is 0. The average Bonchev–Trinajstić information content (AvgIpc) is 0.953. The van der Waals surface area contributed by atoms with Gasteiger partial charge in [0.25, 0.3) is 0 Å². The second-order valence-corrected chi connectivity index (χ2v) is 33.8. The number of unbranched alkanes of at least 4 members (excludes halogenated alkanes) is 61. The van der Waals surface area contributed by atoms with Crippen LogP contribution in [0.5, 0.6) is 0 Å². The third-order valence-electron chi connectivity index (χ3n) is 20.4. The van der Waals surface area contributed by atoms with Gasteiger partial charge in [0.1, 0.15) is 19.3 Å². The Bertz CT molecular complexity index is 1980. The Labute approximate surface area is 645 Å². The van der Waals surface area contributed by atoms with Gasteiger partial charge < -0.3 is 33.8 Å². The molecule has 0 aliphatic heterocycles. The molecule has 0 aromatic heterocycles. The van der Waals surface area contributed by atoms with Crippen LogP contribution in [0.15, 0.2) is 0 Å². The summed E-state index contributed by atoms with van der Waals surface area (Å²) < 4.78 is 68.8. The Hall–Kier alpha value is -1.94. The van der Waals surface area contributed by atoms with Crippen LogP contribution in [0.2, 0.25) is 0 Å². The molecular formula is C86H168O17P2. The minimum absolute atomic E-state index is 0.109. The molecule has 0 aromatic carbocycles. The lowest BCUT2D eigenvalue weighted by Gasteiger charge is -2.21. The predicted octanol–water partition coefficient (Wildman–Crippen LogP) is 26.5. The number of carbonyl (C=O) groups is 4. The molecule has 0 heterocycles. The number of aliphatic hydroxyl groups excluding tert-OH is 1. The summed E-state index contributed by atoms with van der Waals surface area (Å²) >= 11 is 0. The van der Waals surface area contributed by atoms with Crippen molar-refractivity contribution in [1.82, 2.24) is 0 Å². The standard InChI is InChI=1S/C86H168O17P2/c1-5-9-13-17-21-24-27-30-33-36-38-39-40-42-45-48-51-54-57-61-65-69-73-86(91)103-82(77-97-84(89)71-67-63-59-55-52-49-46-44-41-37-34-31-28-25-22-18-14-10-6-2)79-101-105(94,95)99-75-80(87)74-98-104(92,93)100-78-81(76-96-83(88)70-66-62-58-20-16-12-8-4)102-85(90)72-68-64-60-56-53-50-47-43-35-32-29-26-23-19-15-11-7-3/h80-82,87H,5-79H2,1-4H3,(H,92,93)(H,94,95)/t80-,81+,82+/m0/s1. The highest BCUT2D eigenvalue weighted by atomic mass is 31.2. The first-order valence-corrected chi connectivity index (χ1v) is 47.8. The maximum absolute atomic E-state index is 13.1. The zero-order chi connectivity index (χ0) is 76.7. The zero-order valence-electron chi connectivity index (χ0n) is 68.7. The number of hydrogen-bond acceptors (Lipinski definition) is 15. The van der Waals surface area contributed by atoms with E-state index in [0.717, 1.165) is 103 Å². The van der Waals surface area contributed by atoms with Crippen molar-refractivity contribution in [1.29, 1.82) is 0 Å². The van der Waals surface area contributed by atoms with E-state index in [4.69, 9.17) is 37.0 Å². The lowest BCUT2D eigenvalue weighted by molar-refractivity contribution is -0.161. The van der Waals surface area contributed by atoms with Crippen LogP contribution in [0.25, 0.3) is 0 Å². The minimum atomic E-state index is -4.96. The van der Waals surface area contributed by atoms with Crippen LogP contribution in [-0.2, 0) is 65.4 Å². The first-order valence-electron chi connectivity index (χ1n) is 44.8. The van der Waals surface area contributed by atoms with Crippen LogP contribution in [-0.4, -0.2) is 96.7 Å². The molecule has 105 heavy (non-hydrogen) atoms. The molecule has 0 fully saturated rings. The molecule has 624 valence electrons. The topological polar surface area (TPSA) is 237 Å². The van der Waals surface area contributed by atoms with E-state index in [1.807, 2.05) is 0 Å². The Morgan fingerprint density at radius 3 is 0.562 bits per heavy atom. The van der Waals surface area contributed by atoms with Crippen molar-refractivity contribution < 1.29 is 80.2 Å².